The maximum atomic E-state index is 10.8. The summed E-state index contributed by atoms with van der Waals surface area (Å²) < 4.78 is 20.3. The molecule has 0 aromatic heterocycles. The molecular weight excluding hydrogens is 177 g/mol. The Hall–Kier alpha value is -0.490. The van der Waals surface area contributed by atoms with E-state index >= 15 is 0 Å². The van der Waals surface area contributed by atoms with Crippen molar-refractivity contribution in [3.05, 3.63) is 0 Å². The average Bonchev–Trinajstić information content (AvgIpc) is 2.01. The fourth-order valence-corrected chi connectivity index (χ4v) is 1.15. The Morgan fingerprint density at radius 2 is 2.17 bits per heavy atom. The Labute approximate surface area is 73.4 Å². The largest absolute Gasteiger partial charge is 0.697 e. The lowest BCUT2D eigenvalue weighted by molar-refractivity contribution is 0.209. The van der Waals surface area contributed by atoms with Gasteiger partial charge in [0, 0.05) is 4.57 Å². The molecule has 0 aliphatic heterocycles. The van der Waals surface area contributed by atoms with Crippen LogP contribution in [0.3, 0.4) is 0 Å². The van der Waals surface area contributed by atoms with Gasteiger partial charge >= 0.3 is 8.25 Å². The molecule has 0 aliphatic rings. The number of nitrogens with zero attached hydrogens (tertiary/aromatic N) is 1. The molecule has 0 rings (SSSR count). The zero-order valence-corrected chi connectivity index (χ0v) is 8.21. The number of rotatable bonds is 6. The Kier molecular flexibility index (Phi) is 6.88. The van der Waals surface area contributed by atoms with Crippen LogP contribution in [-0.4, -0.2) is 13.2 Å². The fourth-order valence-electron chi connectivity index (χ4n) is 0.413. The van der Waals surface area contributed by atoms with Gasteiger partial charge in [0.05, 0.1) is 12.5 Å². The zero-order valence-electron chi connectivity index (χ0n) is 7.32. The van der Waals surface area contributed by atoms with E-state index in [2.05, 4.69) is 0 Å². The maximum Gasteiger partial charge on any atom is 0.697 e. The van der Waals surface area contributed by atoms with E-state index in [1.165, 1.54) is 0 Å². The second-order valence-electron chi connectivity index (χ2n) is 2.65. The number of hydrogen-bond acceptors (Lipinski definition) is 4. The molecule has 0 spiro atoms. The van der Waals surface area contributed by atoms with Crippen molar-refractivity contribution in [1.82, 2.24) is 0 Å². The first-order chi connectivity index (χ1) is 5.66. The third kappa shape index (κ3) is 7.62. The molecule has 1 unspecified atom stereocenters. The quantitative estimate of drug-likeness (QED) is 0.476. The van der Waals surface area contributed by atoms with Gasteiger partial charge in [-0.15, -0.1) is 9.05 Å². The van der Waals surface area contributed by atoms with Crippen molar-refractivity contribution >= 4 is 8.25 Å². The highest BCUT2D eigenvalue weighted by Gasteiger charge is 2.19. The lowest BCUT2D eigenvalue weighted by Crippen LogP contribution is -1.97. The summed E-state index contributed by atoms with van der Waals surface area (Å²) in [6.07, 6.45) is 0.242. The van der Waals surface area contributed by atoms with Crippen molar-refractivity contribution in [3.63, 3.8) is 0 Å². The molecule has 0 bridgehead atoms. The third-order valence-corrected chi connectivity index (χ3v) is 1.68. The predicted molar refractivity (Wildman–Crippen MR) is 44.6 cm³/mol. The van der Waals surface area contributed by atoms with E-state index in [9.17, 15) is 4.57 Å². The van der Waals surface area contributed by atoms with E-state index in [0.29, 0.717) is 12.5 Å². The van der Waals surface area contributed by atoms with E-state index in [0.717, 1.165) is 0 Å². The predicted octanol–water partition coefficient (Wildman–Crippen LogP) is 2.25. The Morgan fingerprint density at radius 1 is 1.50 bits per heavy atom. The van der Waals surface area contributed by atoms with Crippen LogP contribution in [0.4, 0.5) is 0 Å². The van der Waals surface area contributed by atoms with Gasteiger partial charge in [-0.2, -0.15) is 5.26 Å². The Morgan fingerprint density at radius 3 is 2.67 bits per heavy atom. The summed E-state index contributed by atoms with van der Waals surface area (Å²) >= 11 is 0. The summed E-state index contributed by atoms with van der Waals surface area (Å²) in [6.45, 7) is 4.50. The minimum Gasteiger partial charge on any atom is -0.198 e. The summed E-state index contributed by atoms with van der Waals surface area (Å²) in [5, 5.41) is 8.13. The van der Waals surface area contributed by atoms with Gasteiger partial charge in [0.25, 0.3) is 0 Å². The highest BCUT2D eigenvalue weighted by Crippen LogP contribution is 2.24. The molecule has 0 aromatic rings. The lowest BCUT2D eigenvalue weighted by Gasteiger charge is -1.94. The van der Waals surface area contributed by atoms with Crippen LogP contribution in [0.15, 0.2) is 0 Å². The van der Waals surface area contributed by atoms with Crippen LogP contribution < -0.4 is 0 Å². The van der Waals surface area contributed by atoms with Gasteiger partial charge in [0.2, 0.25) is 0 Å². The molecule has 0 saturated carbocycles. The topological polar surface area (TPSA) is 59.3 Å². The van der Waals surface area contributed by atoms with Crippen LogP contribution in [-0.2, 0) is 13.6 Å². The Bertz CT molecular complexity index is 176. The van der Waals surface area contributed by atoms with E-state index in [1.807, 2.05) is 19.9 Å². The molecule has 12 heavy (non-hydrogen) atoms. The molecule has 4 nitrogen and oxygen atoms in total. The Balaban J connectivity index is 3.29. The molecule has 1 atom stereocenters. The fraction of sp³-hybridized carbons (Fsp3) is 0.857. The van der Waals surface area contributed by atoms with Crippen molar-refractivity contribution < 1.29 is 13.6 Å². The maximum absolute atomic E-state index is 10.8. The molecule has 0 amide bonds. The van der Waals surface area contributed by atoms with E-state index in [4.69, 9.17) is 14.3 Å². The molecule has 0 saturated heterocycles. The highest BCUT2D eigenvalue weighted by atomic mass is 31.1. The molecule has 0 aliphatic carbocycles. The molecule has 0 heterocycles. The van der Waals surface area contributed by atoms with Crippen LogP contribution in [0.2, 0.25) is 0 Å². The van der Waals surface area contributed by atoms with Crippen LogP contribution >= 0.6 is 8.25 Å². The normalized spacial score (nSPS) is 11.3. The lowest BCUT2D eigenvalue weighted by atomic mass is 10.2. The van der Waals surface area contributed by atoms with Gasteiger partial charge in [-0.25, -0.2) is 0 Å². The highest BCUT2D eigenvalue weighted by molar-refractivity contribution is 7.33. The third-order valence-electron chi connectivity index (χ3n) is 0.924. The van der Waals surface area contributed by atoms with Gasteiger partial charge in [-0.3, -0.25) is 0 Å². The minimum atomic E-state index is -2.03. The second-order valence-corrected chi connectivity index (χ2v) is 3.62. The van der Waals surface area contributed by atoms with Gasteiger partial charge in [-0.05, 0) is 5.92 Å². The van der Waals surface area contributed by atoms with Crippen LogP contribution in [0.25, 0.3) is 0 Å². The smallest absolute Gasteiger partial charge is 0.198 e. The monoisotopic (exact) mass is 190 g/mol. The molecule has 0 aromatic carbocycles. The summed E-state index contributed by atoms with van der Waals surface area (Å²) in [5.74, 6) is 0.337. The molecule has 5 heteroatoms. The van der Waals surface area contributed by atoms with Crippen LogP contribution in [0, 0.1) is 17.2 Å². The summed E-state index contributed by atoms with van der Waals surface area (Å²) in [6, 6.07) is 1.88. The molecule has 0 N–H and O–H groups in total. The standard InChI is InChI=1S/C7H13NO3P/c1-7(2)6-11-12(9)10-5-3-4-8/h7H,3,5-6H2,1-2H3/q+1. The van der Waals surface area contributed by atoms with Crippen molar-refractivity contribution in [3.8, 4) is 6.07 Å². The minimum absolute atomic E-state index is 0.170. The average molecular weight is 190 g/mol. The van der Waals surface area contributed by atoms with Crippen molar-refractivity contribution in [2.24, 2.45) is 5.92 Å². The first kappa shape index (κ1) is 11.5. The van der Waals surface area contributed by atoms with Crippen molar-refractivity contribution in [1.29, 1.82) is 5.26 Å². The zero-order chi connectivity index (χ0) is 9.40. The molecule has 68 valence electrons. The SMILES string of the molecule is CC(C)CO[P+](=O)OCCC#N. The second kappa shape index (κ2) is 7.17. The van der Waals surface area contributed by atoms with Gasteiger partial charge in [-0.1, -0.05) is 13.8 Å². The summed E-state index contributed by atoms with van der Waals surface area (Å²) in [4.78, 5) is 0. The number of hydrogen-bond donors (Lipinski definition) is 0. The van der Waals surface area contributed by atoms with Crippen LogP contribution in [0.5, 0.6) is 0 Å². The van der Waals surface area contributed by atoms with Crippen molar-refractivity contribution in [2.75, 3.05) is 13.2 Å². The number of nitriles is 1. The van der Waals surface area contributed by atoms with Gasteiger partial charge < -0.3 is 0 Å². The van der Waals surface area contributed by atoms with Gasteiger partial charge in [0.1, 0.15) is 13.2 Å². The first-order valence-corrected chi connectivity index (χ1v) is 4.86. The summed E-state index contributed by atoms with van der Waals surface area (Å²) in [5.41, 5.74) is 0. The van der Waals surface area contributed by atoms with Crippen molar-refractivity contribution in [2.45, 2.75) is 20.3 Å². The van der Waals surface area contributed by atoms with Crippen LogP contribution in [0.1, 0.15) is 20.3 Å². The van der Waals surface area contributed by atoms with Gasteiger partial charge in [0.15, 0.2) is 0 Å². The molecular formula is C7H13NO3P+. The summed E-state index contributed by atoms with van der Waals surface area (Å²) in [7, 11) is -2.03. The van der Waals surface area contributed by atoms with E-state index < -0.39 is 8.25 Å². The van der Waals surface area contributed by atoms with E-state index in [-0.39, 0.29) is 13.0 Å². The first-order valence-electron chi connectivity index (χ1n) is 3.77. The van der Waals surface area contributed by atoms with E-state index in [1.54, 1.807) is 0 Å². The molecule has 0 radical (unpaired) electrons. The molecule has 0 fully saturated rings.